The number of sulfonamides is 1. The van der Waals surface area contributed by atoms with Gasteiger partial charge in [-0.05, 0) is 29.3 Å². The fourth-order valence-corrected chi connectivity index (χ4v) is 3.94. The predicted molar refractivity (Wildman–Crippen MR) is 80.1 cm³/mol. The second kappa shape index (κ2) is 5.14. The van der Waals surface area contributed by atoms with Gasteiger partial charge in [0.15, 0.2) is 0 Å². The molecular formula is C15H16N2O3S. The van der Waals surface area contributed by atoms with Crippen molar-refractivity contribution in [1.29, 1.82) is 0 Å². The fraction of sp³-hybridized carbons (Fsp3) is 0.200. The molecule has 0 saturated carbocycles. The molecule has 2 atom stereocenters. The molecule has 3 rings (SSSR count). The summed E-state index contributed by atoms with van der Waals surface area (Å²) >= 11 is 0. The third kappa shape index (κ3) is 2.65. The maximum Gasteiger partial charge on any atom is 0.241 e. The van der Waals surface area contributed by atoms with Crippen molar-refractivity contribution in [3.05, 3.63) is 59.7 Å². The van der Waals surface area contributed by atoms with E-state index < -0.39 is 22.2 Å². The number of rotatable bonds is 3. The second-order valence-electron chi connectivity index (χ2n) is 5.14. The van der Waals surface area contributed by atoms with Gasteiger partial charge in [0.25, 0.3) is 0 Å². The highest BCUT2D eigenvalue weighted by atomic mass is 32.2. The molecule has 0 amide bonds. The van der Waals surface area contributed by atoms with E-state index in [2.05, 4.69) is 4.72 Å². The standard InChI is InChI=1S/C15H16N2O3S/c16-11-5-3-6-12(9-11)21(19,20)17-15-13-7-2-1-4-10(13)8-14(15)18/h1-7,9,14-15,17-18H,8,16H2/t14-,15+/m1/s1. The monoisotopic (exact) mass is 304 g/mol. The molecule has 0 aliphatic heterocycles. The van der Waals surface area contributed by atoms with Crippen molar-refractivity contribution in [3.8, 4) is 0 Å². The first-order chi connectivity index (χ1) is 9.97. The van der Waals surface area contributed by atoms with Gasteiger partial charge in [-0.3, -0.25) is 0 Å². The highest BCUT2D eigenvalue weighted by Crippen LogP contribution is 2.32. The molecule has 21 heavy (non-hydrogen) atoms. The Balaban J connectivity index is 1.93. The molecule has 110 valence electrons. The van der Waals surface area contributed by atoms with E-state index in [-0.39, 0.29) is 4.90 Å². The molecule has 0 saturated heterocycles. The van der Waals surface area contributed by atoms with E-state index >= 15 is 0 Å². The first kappa shape index (κ1) is 14.1. The van der Waals surface area contributed by atoms with Crippen LogP contribution in [0.5, 0.6) is 0 Å². The van der Waals surface area contributed by atoms with E-state index in [0.717, 1.165) is 11.1 Å². The van der Waals surface area contributed by atoms with Crippen molar-refractivity contribution < 1.29 is 13.5 Å². The van der Waals surface area contributed by atoms with Crippen LogP contribution in [-0.4, -0.2) is 19.6 Å². The molecule has 0 spiro atoms. The van der Waals surface area contributed by atoms with E-state index in [1.54, 1.807) is 12.1 Å². The molecule has 0 radical (unpaired) electrons. The second-order valence-corrected chi connectivity index (χ2v) is 6.86. The minimum Gasteiger partial charge on any atom is -0.399 e. The van der Waals surface area contributed by atoms with Crippen molar-refractivity contribution in [2.24, 2.45) is 0 Å². The number of hydrogen-bond acceptors (Lipinski definition) is 4. The quantitative estimate of drug-likeness (QED) is 0.743. The van der Waals surface area contributed by atoms with E-state index in [9.17, 15) is 13.5 Å². The third-order valence-corrected chi connectivity index (χ3v) is 5.09. The van der Waals surface area contributed by atoms with Crippen LogP contribution in [0.25, 0.3) is 0 Å². The minimum atomic E-state index is -3.73. The average molecular weight is 304 g/mol. The van der Waals surface area contributed by atoms with Crippen molar-refractivity contribution in [3.63, 3.8) is 0 Å². The summed E-state index contributed by atoms with van der Waals surface area (Å²) in [4.78, 5) is 0.0964. The lowest BCUT2D eigenvalue weighted by Gasteiger charge is -2.18. The molecule has 6 heteroatoms. The number of nitrogens with two attached hydrogens (primary N) is 1. The molecule has 5 nitrogen and oxygen atoms in total. The van der Waals surface area contributed by atoms with Crippen molar-refractivity contribution >= 4 is 15.7 Å². The molecule has 4 N–H and O–H groups in total. The number of aliphatic hydroxyl groups excluding tert-OH is 1. The number of nitrogens with one attached hydrogen (secondary N) is 1. The summed E-state index contributed by atoms with van der Waals surface area (Å²) in [6.07, 6.45) is -0.321. The molecular weight excluding hydrogens is 288 g/mol. The van der Waals surface area contributed by atoms with E-state index in [1.165, 1.54) is 12.1 Å². The fourth-order valence-electron chi connectivity index (χ4n) is 2.63. The maximum atomic E-state index is 12.4. The van der Waals surface area contributed by atoms with Gasteiger partial charge in [-0.1, -0.05) is 30.3 Å². The van der Waals surface area contributed by atoms with Crippen molar-refractivity contribution in [2.75, 3.05) is 5.73 Å². The lowest BCUT2D eigenvalue weighted by Crippen LogP contribution is -2.33. The molecule has 2 aromatic carbocycles. The van der Waals surface area contributed by atoms with Crippen LogP contribution in [0, 0.1) is 0 Å². The van der Waals surface area contributed by atoms with Gasteiger partial charge in [0.1, 0.15) is 0 Å². The van der Waals surface area contributed by atoms with Gasteiger partial charge >= 0.3 is 0 Å². The van der Waals surface area contributed by atoms with Gasteiger partial charge in [0.05, 0.1) is 17.0 Å². The van der Waals surface area contributed by atoms with Gasteiger partial charge in [-0.15, -0.1) is 0 Å². The predicted octanol–water partition coefficient (Wildman–Crippen LogP) is 1.21. The first-order valence-corrected chi connectivity index (χ1v) is 8.09. The van der Waals surface area contributed by atoms with Crippen LogP contribution in [0.1, 0.15) is 17.2 Å². The summed E-state index contributed by atoms with van der Waals surface area (Å²) < 4.78 is 27.4. The molecule has 0 fully saturated rings. The van der Waals surface area contributed by atoms with Crippen LogP contribution >= 0.6 is 0 Å². The minimum absolute atomic E-state index is 0.0964. The number of fused-ring (bicyclic) bond motifs is 1. The van der Waals surface area contributed by atoms with Crippen molar-refractivity contribution in [2.45, 2.75) is 23.5 Å². The Bertz CT molecular complexity index is 774. The number of aliphatic hydroxyl groups is 1. The number of nitrogen functional groups attached to an aromatic ring is 1. The molecule has 0 aromatic heterocycles. The smallest absolute Gasteiger partial charge is 0.241 e. The third-order valence-electron chi connectivity index (χ3n) is 3.65. The normalized spacial score (nSPS) is 21.2. The van der Waals surface area contributed by atoms with E-state index in [0.29, 0.717) is 12.1 Å². The average Bonchev–Trinajstić information content (AvgIpc) is 2.75. The Morgan fingerprint density at radius 3 is 2.67 bits per heavy atom. The van der Waals surface area contributed by atoms with Crippen LogP contribution < -0.4 is 10.5 Å². The Hall–Kier alpha value is -1.89. The molecule has 1 aliphatic rings. The molecule has 0 unspecified atom stereocenters. The van der Waals surface area contributed by atoms with Crippen LogP contribution in [0.15, 0.2) is 53.4 Å². The Kier molecular flexibility index (Phi) is 3.44. The van der Waals surface area contributed by atoms with Gasteiger partial charge in [-0.2, -0.15) is 0 Å². The molecule has 2 aromatic rings. The highest BCUT2D eigenvalue weighted by molar-refractivity contribution is 7.89. The van der Waals surface area contributed by atoms with Gasteiger partial charge in [-0.25, -0.2) is 13.1 Å². The van der Waals surface area contributed by atoms with Crippen LogP contribution in [0.4, 0.5) is 5.69 Å². The zero-order valence-electron chi connectivity index (χ0n) is 11.2. The molecule has 0 heterocycles. The Morgan fingerprint density at radius 2 is 1.90 bits per heavy atom. The van der Waals surface area contributed by atoms with E-state index in [1.807, 2.05) is 24.3 Å². The Labute approximate surface area is 123 Å². The van der Waals surface area contributed by atoms with E-state index in [4.69, 9.17) is 5.73 Å². The zero-order valence-corrected chi connectivity index (χ0v) is 12.0. The van der Waals surface area contributed by atoms with Gasteiger partial charge in [0.2, 0.25) is 10.0 Å². The summed E-state index contributed by atoms with van der Waals surface area (Å²) in [6, 6.07) is 12.9. The summed E-state index contributed by atoms with van der Waals surface area (Å²) in [5, 5.41) is 10.1. The van der Waals surface area contributed by atoms with Crippen LogP contribution in [-0.2, 0) is 16.4 Å². The molecule has 0 bridgehead atoms. The van der Waals surface area contributed by atoms with Gasteiger partial charge in [0, 0.05) is 12.1 Å². The van der Waals surface area contributed by atoms with Crippen LogP contribution in [0.2, 0.25) is 0 Å². The first-order valence-electron chi connectivity index (χ1n) is 6.61. The lowest BCUT2D eigenvalue weighted by atomic mass is 10.1. The highest BCUT2D eigenvalue weighted by Gasteiger charge is 2.34. The molecule has 1 aliphatic carbocycles. The van der Waals surface area contributed by atoms with Gasteiger partial charge < -0.3 is 10.8 Å². The van der Waals surface area contributed by atoms with Crippen LogP contribution in [0.3, 0.4) is 0 Å². The lowest BCUT2D eigenvalue weighted by molar-refractivity contribution is 0.151. The number of hydrogen-bond donors (Lipinski definition) is 3. The largest absolute Gasteiger partial charge is 0.399 e. The summed E-state index contributed by atoms with van der Waals surface area (Å²) in [5.74, 6) is 0. The maximum absolute atomic E-state index is 12.4. The summed E-state index contributed by atoms with van der Waals surface area (Å²) in [7, 11) is -3.73. The SMILES string of the molecule is Nc1cccc(S(=O)(=O)N[C@H]2c3ccccc3C[C@H]2O)c1. The Morgan fingerprint density at radius 1 is 1.14 bits per heavy atom. The van der Waals surface area contributed by atoms with Crippen molar-refractivity contribution in [1.82, 2.24) is 4.72 Å². The zero-order chi connectivity index (χ0) is 15.0. The number of anilines is 1. The summed E-state index contributed by atoms with van der Waals surface area (Å²) in [5.41, 5.74) is 7.79. The topological polar surface area (TPSA) is 92.4 Å². The summed E-state index contributed by atoms with van der Waals surface area (Å²) in [6.45, 7) is 0. The number of benzene rings is 2.